The van der Waals surface area contributed by atoms with Gasteiger partial charge in [0.1, 0.15) is 12.1 Å². The second kappa shape index (κ2) is 5.98. The Morgan fingerprint density at radius 2 is 1.67 bits per heavy atom. The van der Waals surface area contributed by atoms with Gasteiger partial charge >= 0.3 is 0 Å². The molecule has 0 aromatic heterocycles. The lowest BCUT2D eigenvalue weighted by atomic mass is 9.82. The summed E-state index contributed by atoms with van der Waals surface area (Å²) in [6.45, 7) is 5.07. The Morgan fingerprint density at radius 3 is 2.29 bits per heavy atom. The number of amides is 2. The van der Waals surface area contributed by atoms with Gasteiger partial charge in [0.25, 0.3) is 0 Å². The Hall–Kier alpha value is -1.06. The second-order valence-corrected chi connectivity index (χ2v) is 6.94. The zero-order valence-electron chi connectivity index (χ0n) is 13.4. The Bertz CT molecular complexity index is 415. The van der Waals surface area contributed by atoms with Crippen LogP contribution in [0.5, 0.6) is 0 Å². The first kappa shape index (κ1) is 14.9. The smallest absolute Gasteiger partial charge is 0.246 e. The van der Waals surface area contributed by atoms with Gasteiger partial charge in [-0.15, -0.1) is 0 Å². The van der Waals surface area contributed by atoms with Crippen LogP contribution in [0, 0.1) is 5.92 Å². The van der Waals surface area contributed by atoms with E-state index in [0.717, 1.165) is 44.6 Å². The molecule has 1 saturated carbocycles. The fourth-order valence-electron chi connectivity index (χ4n) is 4.56. The number of rotatable bonds is 3. The summed E-state index contributed by atoms with van der Waals surface area (Å²) in [5.74, 6) is 1.26. The molecule has 0 aromatic carbocycles. The molecule has 4 nitrogen and oxygen atoms in total. The summed E-state index contributed by atoms with van der Waals surface area (Å²) in [6.07, 6.45) is 8.43. The average molecular weight is 292 g/mol. The van der Waals surface area contributed by atoms with Crippen molar-refractivity contribution in [1.29, 1.82) is 0 Å². The van der Waals surface area contributed by atoms with Crippen molar-refractivity contribution < 1.29 is 9.59 Å². The Labute approximate surface area is 127 Å². The molecule has 2 heterocycles. The van der Waals surface area contributed by atoms with E-state index in [1.165, 1.54) is 19.3 Å². The Morgan fingerprint density at radius 1 is 0.952 bits per heavy atom. The van der Waals surface area contributed by atoms with Gasteiger partial charge in [0.15, 0.2) is 0 Å². The molecule has 2 unspecified atom stereocenters. The highest BCUT2D eigenvalue weighted by atomic mass is 16.2. The molecule has 1 aliphatic carbocycles. The van der Waals surface area contributed by atoms with Crippen LogP contribution in [0.1, 0.15) is 65.2 Å². The lowest BCUT2D eigenvalue weighted by molar-refractivity contribution is -0.163. The summed E-state index contributed by atoms with van der Waals surface area (Å²) in [5.41, 5.74) is 0. The molecular formula is C17H28N2O2. The predicted octanol–water partition coefficient (Wildman–Crippen LogP) is 2.57. The summed E-state index contributed by atoms with van der Waals surface area (Å²) in [6, 6.07) is -0.0452. The van der Waals surface area contributed by atoms with E-state index < -0.39 is 0 Å². The van der Waals surface area contributed by atoms with Crippen molar-refractivity contribution in [2.24, 2.45) is 5.92 Å². The minimum absolute atomic E-state index is 0.149. The quantitative estimate of drug-likeness (QED) is 0.802. The van der Waals surface area contributed by atoms with Crippen molar-refractivity contribution in [3.05, 3.63) is 0 Å². The number of carbonyl (C=O) groups excluding carboxylic acids is 2. The van der Waals surface area contributed by atoms with Crippen molar-refractivity contribution >= 4 is 11.8 Å². The van der Waals surface area contributed by atoms with Gasteiger partial charge in [0.2, 0.25) is 11.8 Å². The summed E-state index contributed by atoms with van der Waals surface area (Å²) in [4.78, 5) is 29.4. The first-order chi connectivity index (χ1) is 10.2. The van der Waals surface area contributed by atoms with Crippen LogP contribution < -0.4 is 0 Å². The lowest BCUT2D eigenvalue weighted by Crippen LogP contribution is -2.65. The molecule has 2 aliphatic heterocycles. The van der Waals surface area contributed by atoms with Crippen molar-refractivity contribution in [3.8, 4) is 0 Å². The van der Waals surface area contributed by atoms with Crippen LogP contribution in [0.2, 0.25) is 0 Å². The van der Waals surface area contributed by atoms with E-state index in [1.54, 1.807) is 0 Å². The molecule has 4 heteroatoms. The first-order valence-corrected chi connectivity index (χ1v) is 8.80. The predicted molar refractivity (Wildman–Crippen MR) is 81.7 cm³/mol. The van der Waals surface area contributed by atoms with Crippen LogP contribution in [0.4, 0.5) is 0 Å². The maximum Gasteiger partial charge on any atom is 0.246 e. The molecular weight excluding hydrogens is 264 g/mol. The van der Waals surface area contributed by atoms with E-state index in [0.29, 0.717) is 6.04 Å². The van der Waals surface area contributed by atoms with Gasteiger partial charge < -0.3 is 9.80 Å². The highest BCUT2D eigenvalue weighted by Crippen LogP contribution is 2.35. The minimum Gasteiger partial charge on any atom is -0.329 e. The van der Waals surface area contributed by atoms with Crippen LogP contribution in [-0.4, -0.2) is 46.3 Å². The fourth-order valence-corrected chi connectivity index (χ4v) is 4.56. The molecule has 0 bridgehead atoms. The number of hydrogen-bond donors (Lipinski definition) is 0. The molecule has 3 rings (SSSR count). The van der Waals surface area contributed by atoms with Crippen molar-refractivity contribution in [2.75, 3.05) is 6.54 Å². The zero-order chi connectivity index (χ0) is 15.0. The second-order valence-electron chi connectivity index (χ2n) is 6.94. The zero-order valence-corrected chi connectivity index (χ0v) is 13.4. The van der Waals surface area contributed by atoms with Crippen molar-refractivity contribution in [2.45, 2.75) is 83.3 Å². The van der Waals surface area contributed by atoms with Crippen molar-refractivity contribution in [1.82, 2.24) is 9.80 Å². The maximum atomic E-state index is 12.9. The van der Waals surface area contributed by atoms with Crippen LogP contribution in [0.25, 0.3) is 0 Å². The molecule has 118 valence electrons. The number of hydrogen-bond acceptors (Lipinski definition) is 2. The molecule has 2 atom stereocenters. The van der Waals surface area contributed by atoms with Gasteiger partial charge in [-0.25, -0.2) is 0 Å². The summed E-state index contributed by atoms with van der Waals surface area (Å²) >= 11 is 0. The summed E-state index contributed by atoms with van der Waals surface area (Å²) < 4.78 is 0. The largest absolute Gasteiger partial charge is 0.329 e. The number of carbonyl (C=O) groups is 2. The number of piperazine rings is 1. The van der Waals surface area contributed by atoms with E-state index in [4.69, 9.17) is 0 Å². The monoisotopic (exact) mass is 292 g/mol. The van der Waals surface area contributed by atoms with Crippen LogP contribution in [0.15, 0.2) is 0 Å². The van der Waals surface area contributed by atoms with E-state index in [9.17, 15) is 9.59 Å². The molecule has 3 aliphatic rings. The van der Waals surface area contributed by atoms with E-state index in [2.05, 4.69) is 6.92 Å². The van der Waals surface area contributed by atoms with Crippen LogP contribution in [-0.2, 0) is 9.59 Å². The third-order valence-electron chi connectivity index (χ3n) is 5.87. The first-order valence-electron chi connectivity index (χ1n) is 8.80. The van der Waals surface area contributed by atoms with Gasteiger partial charge in [0, 0.05) is 12.6 Å². The third kappa shape index (κ3) is 2.47. The normalized spacial score (nSPS) is 37.0. The van der Waals surface area contributed by atoms with E-state index >= 15 is 0 Å². The highest BCUT2D eigenvalue weighted by Gasteiger charge is 2.49. The van der Waals surface area contributed by atoms with Gasteiger partial charge in [-0.1, -0.05) is 20.3 Å². The molecule has 0 spiro atoms. The lowest BCUT2D eigenvalue weighted by Gasteiger charge is -2.47. The molecule has 21 heavy (non-hydrogen) atoms. The van der Waals surface area contributed by atoms with Gasteiger partial charge in [-0.05, 0) is 50.9 Å². The summed E-state index contributed by atoms with van der Waals surface area (Å²) in [5, 5.41) is 0. The molecule has 3 fully saturated rings. The van der Waals surface area contributed by atoms with Gasteiger partial charge in [-0.2, -0.15) is 0 Å². The van der Waals surface area contributed by atoms with Crippen LogP contribution >= 0.6 is 0 Å². The topological polar surface area (TPSA) is 40.6 Å². The number of fused-ring (bicyclic) bond motifs is 1. The molecule has 2 saturated heterocycles. The molecule has 0 aromatic rings. The number of nitrogens with zero attached hydrogens (tertiary/aromatic N) is 2. The van der Waals surface area contributed by atoms with E-state index in [1.807, 2.05) is 16.7 Å². The van der Waals surface area contributed by atoms with E-state index in [-0.39, 0.29) is 23.9 Å². The Balaban J connectivity index is 1.78. The standard InChI is InChI=1S/C17H28N2O2/c1-3-12-7-9-13(10-8-12)19-14(4-2)16(20)18-11-5-6-15(18)17(19)21/h12-15H,3-11H2,1-2H3. The molecule has 0 N–H and O–H groups in total. The van der Waals surface area contributed by atoms with Gasteiger partial charge in [-0.3, -0.25) is 9.59 Å². The highest BCUT2D eigenvalue weighted by molar-refractivity contribution is 5.97. The van der Waals surface area contributed by atoms with Crippen molar-refractivity contribution in [3.63, 3.8) is 0 Å². The SMILES string of the molecule is CCC1CCC(N2C(=O)C3CCCN3C(=O)C2CC)CC1. The third-order valence-corrected chi connectivity index (χ3v) is 5.87. The average Bonchev–Trinajstić information content (AvgIpc) is 3.01. The van der Waals surface area contributed by atoms with Crippen LogP contribution in [0.3, 0.4) is 0 Å². The molecule has 0 radical (unpaired) electrons. The minimum atomic E-state index is -0.199. The summed E-state index contributed by atoms with van der Waals surface area (Å²) in [7, 11) is 0. The Kier molecular flexibility index (Phi) is 4.23. The fraction of sp³-hybridized carbons (Fsp3) is 0.882. The maximum absolute atomic E-state index is 12.9. The van der Waals surface area contributed by atoms with Gasteiger partial charge in [0.05, 0.1) is 0 Å². The molecule has 2 amide bonds.